The van der Waals surface area contributed by atoms with Crippen LogP contribution in [0.2, 0.25) is 0 Å². The number of hydrogen-bond acceptors (Lipinski definition) is 3. The molecule has 0 unspecified atom stereocenters. The van der Waals surface area contributed by atoms with Crippen LogP contribution in [0.25, 0.3) is 0 Å². The minimum Gasteiger partial charge on any atom is -0.269 e. The van der Waals surface area contributed by atoms with Crippen LogP contribution in [0.5, 0.6) is 0 Å². The summed E-state index contributed by atoms with van der Waals surface area (Å²) in [5.41, 5.74) is 1.02. The first kappa shape index (κ1) is 13.2. The van der Waals surface area contributed by atoms with Crippen molar-refractivity contribution in [2.24, 2.45) is 0 Å². The molecule has 0 aromatic carbocycles. The van der Waals surface area contributed by atoms with Gasteiger partial charge in [-0.1, -0.05) is 13.8 Å². The third-order valence-corrected chi connectivity index (χ3v) is 3.32. The Kier molecular flexibility index (Phi) is 4.07. The fraction of sp³-hybridized carbons (Fsp3) is 0.700. The third-order valence-electron chi connectivity index (χ3n) is 2.66. The summed E-state index contributed by atoms with van der Waals surface area (Å²) in [7, 11) is -4.48. The molecule has 1 heterocycles. The van der Waals surface area contributed by atoms with Gasteiger partial charge in [0.2, 0.25) is 0 Å². The van der Waals surface area contributed by atoms with E-state index in [4.69, 9.17) is 0 Å². The van der Waals surface area contributed by atoms with Gasteiger partial charge >= 0.3 is 10.2 Å². The van der Waals surface area contributed by atoms with E-state index >= 15 is 0 Å². The summed E-state index contributed by atoms with van der Waals surface area (Å²) < 4.78 is 35.4. The lowest BCUT2D eigenvalue weighted by molar-refractivity contribution is 0.426. The zero-order chi connectivity index (χ0) is 12.3. The number of aromatic nitrogens is 2. The molecule has 0 aliphatic heterocycles. The molecule has 0 aliphatic carbocycles. The van der Waals surface area contributed by atoms with Crippen molar-refractivity contribution in [3.8, 4) is 0 Å². The molecule has 0 atom stereocenters. The molecular weight excluding hydrogens is 231 g/mol. The quantitative estimate of drug-likeness (QED) is 0.752. The van der Waals surface area contributed by atoms with E-state index in [2.05, 4.69) is 5.10 Å². The zero-order valence-corrected chi connectivity index (χ0v) is 10.6. The second-order valence-electron chi connectivity index (χ2n) is 3.87. The van der Waals surface area contributed by atoms with Crippen molar-refractivity contribution in [3.05, 3.63) is 17.5 Å². The van der Waals surface area contributed by atoms with Crippen LogP contribution in [0.15, 0.2) is 6.20 Å². The Balaban J connectivity index is 2.98. The first-order valence-electron chi connectivity index (χ1n) is 5.34. The molecule has 1 rings (SSSR count). The minimum atomic E-state index is -4.48. The first-order chi connectivity index (χ1) is 7.37. The maximum Gasteiger partial charge on any atom is 0.306 e. The summed E-state index contributed by atoms with van der Waals surface area (Å²) in [6.45, 7) is 5.77. The highest BCUT2D eigenvalue weighted by Crippen LogP contribution is 2.18. The van der Waals surface area contributed by atoms with E-state index in [1.54, 1.807) is 17.8 Å². The van der Waals surface area contributed by atoms with Crippen LogP contribution in [0, 0.1) is 6.92 Å². The molecule has 0 saturated heterocycles. The van der Waals surface area contributed by atoms with E-state index in [0.717, 1.165) is 12.8 Å². The van der Waals surface area contributed by atoms with Gasteiger partial charge in [0.05, 0.1) is 11.7 Å². The Morgan fingerprint density at radius 3 is 2.44 bits per heavy atom. The standard InChI is InChI=1S/C10H17FN2O2S/c1-4-10(5-2)13-6-9(8(3)12-13)7-16(11,14)15/h6,10H,4-5,7H2,1-3H3. The van der Waals surface area contributed by atoms with Crippen molar-refractivity contribution in [1.29, 1.82) is 0 Å². The van der Waals surface area contributed by atoms with Gasteiger partial charge in [-0.2, -0.15) is 13.5 Å². The summed E-state index contributed by atoms with van der Waals surface area (Å²) in [5.74, 6) is -0.584. The average molecular weight is 248 g/mol. The second kappa shape index (κ2) is 4.95. The van der Waals surface area contributed by atoms with Crippen molar-refractivity contribution in [2.45, 2.75) is 45.4 Å². The Morgan fingerprint density at radius 2 is 2.00 bits per heavy atom. The van der Waals surface area contributed by atoms with Crippen LogP contribution in [0.1, 0.15) is 44.0 Å². The topological polar surface area (TPSA) is 52.0 Å². The van der Waals surface area contributed by atoms with E-state index in [9.17, 15) is 12.3 Å². The number of halogens is 1. The Bertz CT molecular complexity index is 449. The van der Waals surface area contributed by atoms with Crippen LogP contribution < -0.4 is 0 Å². The Hall–Kier alpha value is -0.910. The summed E-state index contributed by atoms with van der Waals surface area (Å²) in [6, 6.07) is 0.245. The maximum absolute atomic E-state index is 12.6. The fourth-order valence-electron chi connectivity index (χ4n) is 1.70. The van der Waals surface area contributed by atoms with E-state index < -0.39 is 16.0 Å². The minimum absolute atomic E-state index is 0.245. The average Bonchev–Trinajstić information content (AvgIpc) is 2.47. The lowest BCUT2D eigenvalue weighted by atomic mass is 10.2. The number of nitrogens with zero attached hydrogens (tertiary/aromatic N) is 2. The normalized spacial score (nSPS) is 12.3. The lowest BCUT2D eigenvalue weighted by Crippen LogP contribution is -2.07. The zero-order valence-electron chi connectivity index (χ0n) is 9.77. The molecule has 0 N–H and O–H groups in total. The van der Waals surface area contributed by atoms with Crippen LogP contribution in [-0.2, 0) is 16.0 Å². The highest BCUT2D eigenvalue weighted by atomic mass is 32.3. The molecule has 0 amide bonds. The summed E-state index contributed by atoms with van der Waals surface area (Å²) in [6.07, 6.45) is 3.46. The molecule has 0 bridgehead atoms. The molecule has 1 aromatic rings. The number of aryl methyl sites for hydroxylation is 1. The van der Waals surface area contributed by atoms with Crippen molar-refractivity contribution in [1.82, 2.24) is 9.78 Å². The summed E-state index contributed by atoms with van der Waals surface area (Å²) in [4.78, 5) is 0. The molecule has 0 fully saturated rings. The van der Waals surface area contributed by atoms with Gasteiger partial charge in [0.1, 0.15) is 5.75 Å². The van der Waals surface area contributed by atoms with Gasteiger partial charge in [0.25, 0.3) is 0 Å². The van der Waals surface area contributed by atoms with E-state index in [0.29, 0.717) is 11.3 Å². The molecular formula is C10H17FN2O2S. The van der Waals surface area contributed by atoms with Gasteiger partial charge in [-0.05, 0) is 19.8 Å². The third kappa shape index (κ3) is 3.30. The lowest BCUT2D eigenvalue weighted by Gasteiger charge is -2.12. The molecule has 6 heteroatoms. The van der Waals surface area contributed by atoms with E-state index in [-0.39, 0.29) is 6.04 Å². The smallest absolute Gasteiger partial charge is 0.269 e. The first-order valence-corrected chi connectivity index (χ1v) is 6.89. The monoisotopic (exact) mass is 248 g/mol. The Morgan fingerprint density at radius 1 is 1.44 bits per heavy atom. The summed E-state index contributed by atoms with van der Waals surface area (Å²) >= 11 is 0. The van der Waals surface area contributed by atoms with Crippen LogP contribution in [0.4, 0.5) is 3.89 Å². The van der Waals surface area contributed by atoms with Crippen LogP contribution in [0.3, 0.4) is 0 Å². The molecule has 0 spiro atoms. The highest BCUT2D eigenvalue weighted by molar-refractivity contribution is 7.85. The predicted octanol–water partition coefficient (Wildman–Crippen LogP) is 2.35. The molecule has 92 valence electrons. The molecule has 0 aliphatic rings. The SMILES string of the molecule is CCC(CC)n1cc(CS(=O)(=O)F)c(C)n1. The van der Waals surface area contributed by atoms with Gasteiger partial charge < -0.3 is 0 Å². The molecule has 4 nitrogen and oxygen atoms in total. The number of hydrogen-bond donors (Lipinski definition) is 0. The molecule has 0 saturated carbocycles. The van der Waals surface area contributed by atoms with Gasteiger partial charge in [0.15, 0.2) is 0 Å². The van der Waals surface area contributed by atoms with E-state index in [1.165, 1.54) is 0 Å². The second-order valence-corrected chi connectivity index (χ2v) is 5.24. The van der Waals surface area contributed by atoms with Crippen LogP contribution in [-0.4, -0.2) is 18.2 Å². The Labute approximate surface area is 95.7 Å². The molecule has 0 radical (unpaired) electrons. The maximum atomic E-state index is 12.6. The molecule has 16 heavy (non-hydrogen) atoms. The van der Waals surface area contributed by atoms with Crippen molar-refractivity contribution in [2.75, 3.05) is 0 Å². The van der Waals surface area contributed by atoms with E-state index in [1.807, 2.05) is 13.8 Å². The van der Waals surface area contributed by atoms with Gasteiger partial charge in [0, 0.05) is 11.8 Å². The van der Waals surface area contributed by atoms with Crippen molar-refractivity contribution in [3.63, 3.8) is 0 Å². The largest absolute Gasteiger partial charge is 0.306 e. The van der Waals surface area contributed by atoms with Crippen molar-refractivity contribution < 1.29 is 12.3 Å². The van der Waals surface area contributed by atoms with Gasteiger partial charge in [-0.3, -0.25) is 4.68 Å². The summed E-state index contributed by atoms with van der Waals surface area (Å²) in [5, 5.41) is 4.22. The number of rotatable bonds is 5. The fourth-order valence-corrected chi connectivity index (χ4v) is 2.35. The van der Waals surface area contributed by atoms with Gasteiger partial charge in [-0.25, -0.2) is 0 Å². The highest BCUT2D eigenvalue weighted by Gasteiger charge is 2.16. The predicted molar refractivity (Wildman–Crippen MR) is 60.3 cm³/mol. The van der Waals surface area contributed by atoms with Gasteiger partial charge in [-0.15, -0.1) is 3.89 Å². The van der Waals surface area contributed by atoms with Crippen molar-refractivity contribution >= 4 is 10.2 Å². The van der Waals surface area contributed by atoms with Crippen LogP contribution >= 0.6 is 0 Å². The molecule has 1 aromatic heterocycles.